The molecule has 1 aliphatic heterocycles. The van der Waals surface area contributed by atoms with E-state index in [4.69, 9.17) is 5.11 Å². The fourth-order valence-electron chi connectivity index (χ4n) is 2.76. The molecule has 1 atom stereocenters. The van der Waals surface area contributed by atoms with E-state index >= 15 is 0 Å². The van der Waals surface area contributed by atoms with Crippen LogP contribution < -0.4 is 4.90 Å². The van der Waals surface area contributed by atoms with Gasteiger partial charge in [0.05, 0.1) is 10.8 Å². The summed E-state index contributed by atoms with van der Waals surface area (Å²) in [6.45, 7) is 0.827. The summed E-state index contributed by atoms with van der Waals surface area (Å²) in [6.07, 6.45) is 0.500. The highest BCUT2D eigenvalue weighted by atomic mass is 19.1. The molecule has 3 rings (SSSR count). The third kappa shape index (κ3) is 3.03. The zero-order valence-electron chi connectivity index (χ0n) is 12.6. The Morgan fingerprint density at radius 3 is 2.58 bits per heavy atom. The number of hydrogen-bond acceptors (Lipinski definition) is 5. The Morgan fingerprint density at radius 2 is 2.00 bits per heavy atom. The second-order valence-corrected chi connectivity index (χ2v) is 5.57. The van der Waals surface area contributed by atoms with Crippen molar-refractivity contribution in [3.63, 3.8) is 0 Å². The molecule has 24 heavy (non-hydrogen) atoms. The Kier molecular flexibility index (Phi) is 4.11. The van der Waals surface area contributed by atoms with Crippen LogP contribution in [0.3, 0.4) is 0 Å². The van der Waals surface area contributed by atoms with Crippen LogP contribution in [0.2, 0.25) is 0 Å². The van der Waals surface area contributed by atoms with Crippen LogP contribution in [0.4, 0.5) is 15.9 Å². The first-order valence-electron chi connectivity index (χ1n) is 7.35. The third-order valence-corrected chi connectivity index (χ3v) is 4.04. The quantitative estimate of drug-likeness (QED) is 0.683. The first-order chi connectivity index (χ1) is 11.5. The SMILES string of the molecule is O=C(O)C1CCN(c2ccc([N+](=O)[O-])c(-c3ccc(F)cc3)n2)C1. The van der Waals surface area contributed by atoms with Gasteiger partial charge in [0.15, 0.2) is 5.69 Å². The molecule has 0 aliphatic carbocycles. The van der Waals surface area contributed by atoms with E-state index in [1.165, 1.54) is 36.4 Å². The van der Waals surface area contributed by atoms with E-state index in [0.717, 1.165) is 0 Å². The molecule has 1 aromatic heterocycles. The van der Waals surface area contributed by atoms with Crippen molar-refractivity contribution >= 4 is 17.5 Å². The number of nitro groups is 1. The molecule has 1 unspecified atom stereocenters. The van der Waals surface area contributed by atoms with Gasteiger partial charge < -0.3 is 10.0 Å². The van der Waals surface area contributed by atoms with Gasteiger partial charge in [-0.05, 0) is 36.8 Å². The summed E-state index contributed by atoms with van der Waals surface area (Å²) in [7, 11) is 0. The maximum Gasteiger partial charge on any atom is 0.308 e. The van der Waals surface area contributed by atoms with Crippen LogP contribution in [-0.4, -0.2) is 34.1 Å². The van der Waals surface area contributed by atoms with Gasteiger partial charge in [0, 0.05) is 24.7 Å². The predicted molar refractivity (Wildman–Crippen MR) is 84.2 cm³/mol. The number of rotatable bonds is 4. The van der Waals surface area contributed by atoms with Crippen LogP contribution >= 0.6 is 0 Å². The van der Waals surface area contributed by atoms with Crippen molar-refractivity contribution in [2.75, 3.05) is 18.0 Å². The molecule has 8 heteroatoms. The monoisotopic (exact) mass is 331 g/mol. The molecular weight excluding hydrogens is 317 g/mol. The zero-order valence-corrected chi connectivity index (χ0v) is 12.6. The minimum Gasteiger partial charge on any atom is -0.481 e. The lowest BCUT2D eigenvalue weighted by molar-refractivity contribution is -0.384. The van der Waals surface area contributed by atoms with Crippen molar-refractivity contribution in [2.45, 2.75) is 6.42 Å². The molecular formula is C16H14FN3O4. The lowest BCUT2D eigenvalue weighted by Gasteiger charge is -2.17. The van der Waals surface area contributed by atoms with Crippen LogP contribution in [0.1, 0.15) is 6.42 Å². The Balaban J connectivity index is 1.99. The molecule has 1 fully saturated rings. The van der Waals surface area contributed by atoms with Crippen molar-refractivity contribution in [3.8, 4) is 11.3 Å². The standard InChI is InChI=1S/C16H14FN3O4/c17-12-3-1-10(2-4-12)15-13(20(23)24)5-6-14(18-15)19-8-7-11(9-19)16(21)22/h1-6,11H,7-9H2,(H,21,22). The summed E-state index contributed by atoms with van der Waals surface area (Å²) < 4.78 is 13.1. The maximum absolute atomic E-state index is 13.1. The molecule has 0 spiro atoms. The largest absolute Gasteiger partial charge is 0.481 e. The lowest BCUT2D eigenvalue weighted by atomic mass is 10.1. The maximum atomic E-state index is 13.1. The Morgan fingerprint density at radius 1 is 1.29 bits per heavy atom. The minimum atomic E-state index is -0.863. The smallest absolute Gasteiger partial charge is 0.308 e. The number of aliphatic carboxylic acids is 1. The van der Waals surface area contributed by atoms with Gasteiger partial charge in [0.1, 0.15) is 11.6 Å². The summed E-state index contributed by atoms with van der Waals surface area (Å²) in [6, 6.07) is 8.13. The van der Waals surface area contributed by atoms with Crippen molar-refractivity contribution in [2.24, 2.45) is 5.92 Å². The fraction of sp³-hybridized carbons (Fsp3) is 0.250. The van der Waals surface area contributed by atoms with E-state index in [1.54, 1.807) is 4.90 Å². The Bertz CT molecular complexity index is 794. The van der Waals surface area contributed by atoms with Crippen LogP contribution in [0, 0.1) is 21.8 Å². The van der Waals surface area contributed by atoms with Gasteiger partial charge in [-0.15, -0.1) is 0 Å². The van der Waals surface area contributed by atoms with Crippen LogP contribution in [0.15, 0.2) is 36.4 Å². The van der Waals surface area contributed by atoms with Gasteiger partial charge in [-0.2, -0.15) is 0 Å². The molecule has 124 valence electrons. The molecule has 2 heterocycles. The van der Waals surface area contributed by atoms with Gasteiger partial charge >= 0.3 is 5.97 Å². The molecule has 1 N–H and O–H groups in total. The number of aromatic nitrogens is 1. The van der Waals surface area contributed by atoms with Crippen molar-refractivity contribution in [3.05, 3.63) is 52.3 Å². The molecule has 0 saturated carbocycles. The van der Waals surface area contributed by atoms with Crippen molar-refractivity contribution in [1.82, 2.24) is 4.98 Å². The second kappa shape index (κ2) is 6.23. The summed E-state index contributed by atoms with van der Waals surface area (Å²) in [4.78, 5) is 27.9. The van der Waals surface area contributed by atoms with Gasteiger partial charge in [-0.1, -0.05) is 0 Å². The third-order valence-electron chi connectivity index (χ3n) is 4.04. The molecule has 0 amide bonds. The highest BCUT2D eigenvalue weighted by Crippen LogP contribution is 2.32. The molecule has 7 nitrogen and oxygen atoms in total. The highest BCUT2D eigenvalue weighted by molar-refractivity contribution is 5.73. The summed E-state index contributed by atoms with van der Waals surface area (Å²) in [5.41, 5.74) is 0.384. The van der Waals surface area contributed by atoms with Gasteiger partial charge in [-0.3, -0.25) is 14.9 Å². The molecule has 1 aliphatic rings. The second-order valence-electron chi connectivity index (χ2n) is 5.57. The highest BCUT2D eigenvalue weighted by Gasteiger charge is 2.29. The van der Waals surface area contributed by atoms with E-state index in [-0.39, 0.29) is 11.4 Å². The Hall–Kier alpha value is -3.03. The first-order valence-corrected chi connectivity index (χ1v) is 7.35. The molecule has 1 aromatic carbocycles. The number of carbonyl (C=O) groups is 1. The predicted octanol–water partition coefficient (Wildman–Crippen LogP) is 2.71. The molecule has 0 radical (unpaired) electrons. The minimum absolute atomic E-state index is 0.135. The average Bonchev–Trinajstić information content (AvgIpc) is 3.05. The first kappa shape index (κ1) is 15.9. The van der Waals surface area contributed by atoms with Gasteiger partial charge in [-0.25, -0.2) is 9.37 Å². The average molecular weight is 331 g/mol. The van der Waals surface area contributed by atoms with Gasteiger partial charge in [0.2, 0.25) is 0 Å². The summed E-state index contributed by atoms with van der Waals surface area (Å²) in [5.74, 6) is -1.31. The number of halogens is 1. The Labute approximate surface area is 136 Å². The van der Waals surface area contributed by atoms with E-state index in [9.17, 15) is 19.3 Å². The zero-order chi connectivity index (χ0) is 17.3. The van der Waals surface area contributed by atoms with E-state index in [2.05, 4.69) is 4.98 Å². The van der Waals surface area contributed by atoms with Crippen molar-refractivity contribution < 1.29 is 19.2 Å². The van der Waals surface area contributed by atoms with E-state index in [1.807, 2.05) is 0 Å². The van der Waals surface area contributed by atoms with Crippen LogP contribution in [0.25, 0.3) is 11.3 Å². The van der Waals surface area contributed by atoms with Gasteiger partial charge in [0.25, 0.3) is 5.69 Å². The van der Waals surface area contributed by atoms with Crippen molar-refractivity contribution in [1.29, 1.82) is 0 Å². The normalized spacial score (nSPS) is 17.0. The fourth-order valence-corrected chi connectivity index (χ4v) is 2.76. The lowest BCUT2D eigenvalue weighted by Crippen LogP contribution is -2.23. The van der Waals surface area contributed by atoms with Crippen LogP contribution in [-0.2, 0) is 4.79 Å². The number of benzene rings is 1. The van der Waals surface area contributed by atoms with E-state index in [0.29, 0.717) is 30.9 Å². The number of nitrogens with zero attached hydrogens (tertiary/aromatic N) is 3. The van der Waals surface area contributed by atoms with Crippen LogP contribution in [0.5, 0.6) is 0 Å². The summed E-state index contributed by atoms with van der Waals surface area (Å²) >= 11 is 0. The topological polar surface area (TPSA) is 96.6 Å². The number of carboxylic acids is 1. The number of pyridine rings is 1. The molecule has 2 aromatic rings. The molecule has 0 bridgehead atoms. The molecule has 1 saturated heterocycles. The number of hydrogen-bond donors (Lipinski definition) is 1. The number of carboxylic acid groups (broad SMARTS) is 1. The number of anilines is 1. The summed E-state index contributed by atoms with van der Waals surface area (Å²) in [5, 5.41) is 20.3. The van der Waals surface area contributed by atoms with E-state index < -0.39 is 22.6 Å².